The monoisotopic (exact) mass is 302 g/mol. The predicted molar refractivity (Wildman–Crippen MR) is 94.6 cm³/mol. The molecule has 0 aliphatic carbocycles. The smallest absolute Gasteiger partial charge is 0.0819 e. The highest BCUT2D eigenvalue weighted by atomic mass is 31.2. The minimum atomic E-state index is -1.75. The van der Waals surface area contributed by atoms with Crippen LogP contribution in [0.25, 0.3) is 0 Å². The fraction of sp³-hybridized carbons (Fsp3) is 1.00. The lowest BCUT2D eigenvalue weighted by molar-refractivity contribution is 0.537. The summed E-state index contributed by atoms with van der Waals surface area (Å²) in [4.78, 5) is 0. The Morgan fingerprint density at radius 3 is 1.15 bits per heavy atom. The fourth-order valence-corrected chi connectivity index (χ4v) is 3.67. The van der Waals surface area contributed by atoms with Crippen LogP contribution in [0, 0.1) is 0 Å². The molecule has 0 fully saturated rings. The molecular formula is C18H39OP. The van der Waals surface area contributed by atoms with Crippen LogP contribution in [0.3, 0.4) is 0 Å². The molecular weight excluding hydrogens is 263 g/mol. The molecule has 0 aromatic heterocycles. The van der Waals surface area contributed by atoms with Gasteiger partial charge in [-0.2, -0.15) is 0 Å². The molecule has 0 radical (unpaired) electrons. The van der Waals surface area contributed by atoms with E-state index in [9.17, 15) is 4.57 Å². The van der Waals surface area contributed by atoms with Gasteiger partial charge in [-0.1, -0.05) is 90.4 Å². The van der Waals surface area contributed by atoms with Gasteiger partial charge < -0.3 is 4.57 Å². The first kappa shape index (κ1) is 20.2. The van der Waals surface area contributed by atoms with Crippen LogP contribution in [-0.4, -0.2) is 19.5 Å². The van der Waals surface area contributed by atoms with Gasteiger partial charge in [-0.3, -0.25) is 0 Å². The second-order valence-electron chi connectivity index (χ2n) is 6.89. The summed E-state index contributed by atoms with van der Waals surface area (Å²) in [5.74, 6) is 0. The van der Waals surface area contributed by atoms with Crippen molar-refractivity contribution in [2.45, 2.75) is 96.8 Å². The van der Waals surface area contributed by atoms with Crippen LogP contribution >= 0.6 is 7.14 Å². The van der Waals surface area contributed by atoms with Gasteiger partial charge in [0.1, 0.15) is 0 Å². The van der Waals surface area contributed by atoms with Gasteiger partial charge in [-0.25, -0.2) is 0 Å². The Labute approximate surface area is 128 Å². The first-order valence-electron chi connectivity index (χ1n) is 9.10. The van der Waals surface area contributed by atoms with E-state index in [1.54, 1.807) is 0 Å². The Balaban J connectivity index is 3.01. The van der Waals surface area contributed by atoms with E-state index < -0.39 is 7.14 Å². The average Bonchev–Trinajstić information content (AvgIpc) is 2.38. The van der Waals surface area contributed by atoms with Gasteiger partial charge in [0, 0.05) is 6.16 Å². The first-order chi connectivity index (χ1) is 9.56. The van der Waals surface area contributed by atoms with Crippen LogP contribution in [0.1, 0.15) is 96.8 Å². The van der Waals surface area contributed by atoms with Crippen molar-refractivity contribution in [3.63, 3.8) is 0 Å². The van der Waals surface area contributed by atoms with Crippen molar-refractivity contribution in [3.05, 3.63) is 0 Å². The average molecular weight is 302 g/mol. The van der Waals surface area contributed by atoms with Crippen LogP contribution in [0.2, 0.25) is 0 Å². The second-order valence-corrected chi connectivity index (χ2v) is 10.5. The standard InChI is InChI=1S/C18H39OP/c1-4-5-6-7-8-9-10-11-12-13-14-15-16-17-18-20(2,3)19/h4-18H2,1-3H3. The summed E-state index contributed by atoms with van der Waals surface area (Å²) in [6.07, 6.45) is 20.4. The van der Waals surface area contributed by atoms with Crippen molar-refractivity contribution in [1.82, 2.24) is 0 Å². The maximum Gasteiger partial charge on any atom is 0.0819 e. The summed E-state index contributed by atoms with van der Waals surface area (Å²) < 4.78 is 11.5. The molecule has 0 aliphatic heterocycles. The van der Waals surface area contributed by atoms with E-state index in [-0.39, 0.29) is 0 Å². The van der Waals surface area contributed by atoms with Gasteiger partial charge in [-0.15, -0.1) is 0 Å². The summed E-state index contributed by atoms with van der Waals surface area (Å²) in [5.41, 5.74) is 0. The zero-order valence-electron chi connectivity index (χ0n) is 14.5. The van der Waals surface area contributed by atoms with E-state index in [1.807, 2.05) is 13.3 Å². The zero-order valence-corrected chi connectivity index (χ0v) is 15.4. The van der Waals surface area contributed by atoms with Crippen molar-refractivity contribution < 1.29 is 4.57 Å². The number of hydrogen-bond donors (Lipinski definition) is 0. The summed E-state index contributed by atoms with van der Waals surface area (Å²) in [6, 6.07) is 0. The molecule has 0 saturated heterocycles. The molecule has 0 N–H and O–H groups in total. The highest BCUT2D eigenvalue weighted by Crippen LogP contribution is 2.36. The molecule has 0 atom stereocenters. The highest BCUT2D eigenvalue weighted by Gasteiger charge is 2.05. The number of rotatable bonds is 15. The van der Waals surface area contributed by atoms with Crippen molar-refractivity contribution in [1.29, 1.82) is 0 Å². The van der Waals surface area contributed by atoms with E-state index in [1.165, 1.54) is 89.9 Å². The van der Waals surface area contributed by atoms with Gasteiger partial charge in [0.25, 0.3) is 0 Å². The maximum absolute atomic E-state index is 11.5. The molecule has 0 aromatic carbocycles. The molecule has 0 rings (SSSR count). The Morgan fingerprint density at radius 1 is 0.550 bits per heavy atom. The topological polar surface area (TPSA) is 17.1 Å². The lowest BCUT2D eigenvalue weighted by Gasteiger charge is -2.06. The Bertz CT molecular complexity index is 232. The normalized spacial score (nSPS) is 11.9. The van der Waals surface area contributed by atoms with Crippen LogP contribution in [0.5, 0.6) is 0 Å². The molecule has 0 saturated carbocycles. The number of unbranched alkanes of at least 4 members (excludes halogenated alkanes) is 13. The van der Waals surface area contributed by atoms with Crippen LogP contribution in [0.4, 0.5) is 0 Å². The molecule has 0 aromatic rings. The minimum Gasteiger partial charge on any atom is -0.324 e. The first-order valence-corrected chi connectivity index (χ1v) is 11.9. The van der Waals surface area contributed by atoms with Crippen molar-refractivity contribution >= 4 is 7.14 Å². The lowest BCUT2D eigenvalue weighted by atomic mass is 10.0. The largest absolute Gasteiger partial charge is 0.324 e. The van der Waals surface area contributed by atoms with Crippen molar-refractivity contribution in [2.75, 3.05) is 19.5 Å². The second kappa shape index (κ2) is 14.2. The van der Waals surface area contributed by atoms with Gasteiger partial charge in [0.15, 0.2) is 0 Å². The molecule has 1 nitrogen and oxygen atoms in total. The van der Waals surface area contributed by atoms with Crippen LogP contribution in [-0.2, 0) is 4.57 Å². The molecule has 122 valence electrons. The Kier molecular flexibility index (Phi) is 14.3. The number of hydrogen-bond acceptors (Lipinski definition) is 1. The van der Waals surface area contributed by atoms with Gasteiger partial charge in [0.2, 0.25) is 0 Å². The Morgan fingerprint density at radius 2 is 0.850 bits per heavy atom. The third-order valence-electron chi connectivity index (χ3n) is 4.05. The van der Waals surface area contributed by atoms with Crippen LogP contribution < -0.4 is 0 Å². The molecule has 20 heavy (non-hydrogen) atoms. The van der Waals surface area contributed by atoms with Gasteiger partial charge >= 0.3 is 0 Å². The van der Waals surface area contributed by atoms with E-state index in [2.05, 4.69) is 6.92 Å². The summed E-state index contributed by atoms with van der Waals surface area (Å²) in [5, 5.41) is 0. The highest BCUT2D eigenvalue weighted by molar-refractivity contribution is 7.62. The maximum atomic E-state index is 11.5. The van der Waals surface area contributed by atoms with Gasteiger partial charge in [0.05, 0.1) is 7.14 Å². The molecule has 0 spiro atoms. The summed E-state index contributed by atoms with van der Waals surface area (Å²) >= 11 is 0. The quantitative estimate of drug-likeness (QED) is 0.233. The van der Waals surface area contributed by atoms with Crippen molar-refractivity contribution in [3.8, 4) is 0 Å². The molecule has 0 unspecified atom stereocenters. The van der Waals surface area contributed by atoms with E-state index in [0.29, 0.717) is 0 Å². The van der Waals surface area contributed by atoms with Crippen LogP contribution in [0.15, 0.2) is 0 Å². The minimum absolute atomic E-state index is 0.949. The summed E-state index contributed by atoms with van der Waals surface area (Å²) in [6.45, 7) is 6.10. The van der Waals surface area contributed by atoms with E-state index >= 15 is 0 Å². The third kappa shape index (κ3) is 18.2. The fourth-order valence-electron chi connectivity index (χ4n) is 2.69. The van der Waals surface area contributed by atoms with E-state index in [0.717, 1.165) is 6.16 Å². The van der Waals surface area contributed by atoms with Gasteiger partial charge in [-0.05, 0) is 19.8 Å². The lowest BCUT2D eigenvalue weighted by Crippen LogP contribution is -1.87. The van der Waals surface area contributed by atoms with Crippen molar-refractivity contribution in [2.24, 2.45) is 0 Å². The SMILES string of the molecule is CCCCCCCCCCCCCCCCP(C)(C)=O. The molecule has 0 aliphatic rings. The molecule has 0 amide bonds. The zero-order chi connectivity index (χ0) is 15.1. The Hall–Kier alpha value is 0.230. The molecule has 0 heterocycles. The summed E-state index contributed by atoms with van der Waals surface area (Å²) in [7, 11) is -1.75. The molecule has 2 heteroatoms. The molecule has 0 bridgehead atoms. The third-order valence-corrected chi connectivity index (χ3v) is 5.44. The van der Waals surface area contributed by atoms with E-state index in [4.69, 9.17) is 0 Å². The predicted octanol–water partition coefficient (Wildman–Crippen LogP) is 7.09.